The Labute approximate surface area is 66.0 Å². The summed E-state index contributed by atoms with van der Waals surface area (Å²) in [5.74, 6) is -0.112. The standard InChI is InChI=1S/C8H11NO2/c9-6-2-4-7-3-1-5-8(10)11-7/h7H,1-5H2. The molecular weight excluding hydrogens is 142 g/mol. The van der Waals surface area contributed by atoms with Gasteiger partial charge in [0.15, 0.2) is 0 Å². The molecule has 0 amide bonds. The van der Waals surface area contributed by atoms with Crippen molar-refractivity contribution in [2.75, 3.05) is 0 Å². The molecule has 1 rings (SSSR count). The van der Waals surface area contributed by atoms with E-state index < -0.39 is 0 Å². The van der Waals surface area contributed by atoms with Gasteiger partial charge in [0.05, 0.1) is 6.07 Å². The third-order valence-electron chi connectivity index (χ3n) is 1.78. The number of hydrogen-bond donors (Lipinski definition) is 0. The van der Waals surface area contributed by atoms with E-state index in [0.29, 0.717) is 19.3 Å². The van der Waals surface area contributed by atoms with E-state index in [0.717, 1.165) is 12.8 Å². The van der Waals surface area contributed by atoms with Crippen LogP contribution in [-0.2, 0) is 9.53 Å². The predicted molar refractivity (Wildman–Crippen MR) is 38.6 cm³/mol. The normalized spacial score (nSPS) is 23.9. The fraction of sp³-hybridized carbons (Fsp3) is 0.750. The Hall–Kier alpha value is -1.04. The minimum absolute atomic E-state index is 0.0101. The first-order valence-corrected chi connectivity index (χ1v) is 3.89. The van der Waals surface area contributed by atoms with E-state index >= 15 is 0 Å². The van der Waals surface area contributed by atoms with Crippen molar-refractivity contribution in [1.82, 2.24) is 0 Å². The monoisotopic (exact) mass is 153 g/mol. The average molecular weight is 153 g/mol. The van der Waals surface area contributed by atoms with E-state index in [1.54, 1.807) is 0 Å². The number of hydrogen-bond acceptors (Lipinski definition) is 3. The van der Waals surface area contributed by atoms with Crippen LogP contribution in [0.15, 0.2) is 0 Å². The van der Waals surface area contributed by atoms with Crippen molar-refractivity contribution >= 4 is 5.97 Å². The topological polar surface area (TPSA) is 50.1 Å². The molecule has 1 aliphatic rings. The van der Waals surface area contributed by atoms with Gasteiger partial charge in [-0.2, -0.15) is 5.26 Å². The molecule has 0 aliphatic carbocycles. The summed E-state index contributed by atoms with van der Waals surface area (Å²) in [6.07, 6.45) is 3.57. The molecule has 1 atom stereocenters. The number of nitrogens with zero attached hydrogens (tertiary/aromatic N) is 1. The molecule has 0 aromatic heterocycles. The van der Waals surface area contributed by atoms with Gasteiger partial charge in [-0.1, -0.05) is 0 Å². The maximum Gasteiger partial charge on any atom is 0.306 e. The molecule has 1 aliphatic heterocycles. The smallest absolute Gasteiger partial charge is 0.306 e. The molecule has 60 valence electrons. The molecule has 1 heterocycles. The van der Waals surface area contributed by atoms with Crippen LogP contribution in [0.25, 0.3) is 0 Å². The van der Waals surface area contributed by atoms with E-state index in [2.05, 4.69) is 0 Å². The lowest BCUT2D eigenvalue weighted by molar-refractivity contribution is -0.153. The minimum Gasteiger partial charge on any atom is -0.462 e. The van der Waals surface area contributed by atoms with Gasteiger partial charge in [0, 0.05) is 12.8 Å². The molecule has 1 unspecified atom stereocenters. The minimum atomic E-state index is -0.112. The highest BCUT2D eigenvalue weighted by molar-refractivity contribution is 5.70. The predicted octanol–water partition coefficient (Wildman–Crippen LogP) is 1.39. The maximum atomic E-state index is 10.7. The van der Waals surface area contributed by atoms with Gasteiger partial charge in [0.2, 0.25) is 0 Å². The molecule has 3 heteroatoms. The lowest BCUT2D eigenvalue weighted by Crippen LogP contribution is -2.23. The maximum absolute atomic E-state index is 10.7. The second-order valence-corrected chi connectivity index (χ2v) is 2.70. The van der Waals surface area contributed by atoms with Gasteiger partial charge in [-0.25, -0.2) is 0 Å². The molecule has 0 N–H and O–H groups in total. The molecule has 0 saturated carbocycles. The molecule has 0 radical (unpaired) electrons. The van der Waals surface area contributed by atoms with Gasteiger partial charge in [-0.15, -0.1) is 0 Å². The molecule has 3 nitrogen and oxygen atoms in total. The molecule has 1 fully saturated rings. The van der Waals surface area contributed by atoms with Crippen LogP contribution < -0.4 is 0 Å². The molecule has 0 bridgehead atoms. The molecule has 0 spiro atoms. The molecule has 11 heavy (non-hydrogen) atoms. The average Bonchev–Trinajstić information content (AvgIpc) is 2.01. The number of cyclic esters (lactones) is 1. The summed E-state index contributed by atoms with van der Waals surface area (Å²) in [5, 5.41) is 8.27. The molecule has 0 aromatic carbocycles. The zero-order valence-electron chi connectivity index (χ0n) is 6.38. The lowest BCUT2D eigenvalue weighted by Gasteiger charge is -2.20. The van der Waals surface area contributed by atoms with Gasteiger partial charge < -0.3 is 4.74 Å². The summed E-state index contributed by atoms with van der Waals surface area (Å²) in [5.41, 5.74) is 0. The van der Waals surface area contributed by atoms with E-state index in [4.69, 9.17) is 10.00 Å². The highest BCUT2D eigenvalue weighted by Gasteiger charge is 2.19. The van der Waals surface area contributed by atoms with Gasteiger partial charge in [-0.3, -0.25) is 4.79 Å². The number of nitriles is 1. The molecule has 0 aromatic rings. The Morgan fingerprint density at radius 3 is 3.18 bits per heavy atom. The fourth-order valence-corrected chi connectivity index (χ4v) is 1.21. The first kappa shape index (κ1) is 8.06. The Bertz CT molecular complexity index is 183. The summed E-state index contributed by atoms with van der Waals surface area (Å²) in [4.78, 5) is 10.7. The summed E-state index contributed by atoms with van der Waals surface area (Å²) in [7, 11) is 0. The zero-order chi connectivity index (χ0) is 8.10. The first-order valence-electron chi connectivity index (χ1n) is 3.89. The van der Waals surface area contributed by atoms with Crippen LogP contribution >= 0.6 is 0 Å². The van der Waals surface area contributed by atoms with E-state index in [-0.39, 0.29) is 12.1 Å². The van der Waals surface area contributed by atoms with Gasteiger partial charge in [0.1, 0.15) is 6.10 Å². The Kier molecular flexibility index (Phi) is 2.91. The van der Waals surface area contributed by atoms with E-state index in [9.17, 15) is 4.79 Å². The van der Waals surface area contributed by atoms with Crippen molar-refractivity contribution in [2.24, 2.45) is 0 Å². The Morgan fingerprint density at radius 1 is 1.73 bits per heavy atom. The Balaban J connectivity index is 2.24. The highest BCUT2D eigenvalue weighted by Crippen LogP contribution is 2.17. The summed E-state index contributed by atoms with van der Waals surface area (Å²) < 4.78 is 5.00. The van der Waals surface area contributed by atoms with Crippen LogP contribution in [0.5, 0.6) is 0 Å². The van der Waals surface area contributed by atoms with Crippen molar-refractivity contribution in [3.8, 4) is 6.07 Å². The second-order valence-electron chi connectivity index (χ2n) is 2.70. The second kappa shape index (κ2) is 3.97. The van der Waals surface area contributed by atoms with Crippen molar-refractivity contribution in [2.45, 2.75) is 38.2 Å². The third kappa shape index (κ3) is 2.58. The Morgan fingerprint density at radius 2 is 2.55 bits per heavy atom. The van der Waals surface area contributed by atoms with Gasteiger partial charge in [-0.05, 0) is 19.3 Å². The lowest BCUT2D eigenvalue weighted by atomic mass is 10.1. The van der Waals surface area contributed by atoms with Gasteiger partial charge >= 0.3 is 5.97 Å². The van der Waals surface area contributed by atoms with Crippen LogP contribution in [0.4, 0.5) is 0 Å². The van der Waals surface area contributed by atoms with Crippen LogP contribution in [0.3, 0.4) is 0 Å². The van der Waals surface area contributed by atoms with Gasteiger partial charge in [0.25, 0.3) is 0 Å². The van der Waals surface area contributed by atoms with E-state index in [1.165, 1.54) is 0 Å². The van der Waals surface area contributed by atoms with Crippen LogP contribution in [0, 0.1) is 11.3 Å². The summed E-state index contributed by atoms with van der Waals surface area (Å²) >= 11 is 0. The largest absolute Gasteiger partial charge is 0.462 e. The van der Waals surface area contributed by atoms with Crippen molar-refractivity contribution in [1.29, 1.82) is 5.26 Å². The van der Waals surface area contributed by atoms with Crippen molar-refractivity contribution in [3.05, 3.63) is 0 Å². The van der Waals surface area contributed by atoms with Crippen LogP contribution in [0.2, 0.25) is 0 Å². The first-order chi connectivity index (χ1) is 5.33. The zero-order valence-corrected chi connectivity index (χ0v) is 6.38. The van der Waals surface area contributed by atoms with Crippen LogP contribution in [-0.4, -0.2) is 12.1 Å². The fourth-order valence-electron chi connectivity index (χ4n) is 1.21. The number of rotatable bonds is 2. The third-order valence-corrected chi connectivity index (χ3v) is 1.78. The van der Waals surface area contributed by atoms with Crippen molar-refractivity contribution < 1.29 is 9.53 Å². The summed E-state index contributed by atoms with van der Waals surface area (Å²) in [6, 6.07) is 2.04. The SMILES string of the molecule is N#CCCC1CCCC(=O)O1. The molecular formula is C8H11NO2. The number of carbonyl (C=O) groups is 1. The van der Waals surface area contributed by atoms with Crippen LogP contribution in [0.1, 0.15) is 32.1 Å². The summed E-state index contributed by atoms with van der Waals surface area (Å²) in [6.45, 7) is 0. The molecule has 1 saturated heterocycles. The van der Waals surface area contributed by atoms with Crippen molar-refractivity contribution in [3.63, 3.8) is 0 Å². The van der Waals surface area contributed by atoms with E-state index in [1.807, 2.05) is 6.07 Å². The highest BCUT2D eigenvalue weighted by atomic mass is 16.5. The number of carbonyl (C=O) groups excluding carboxylic acids is 1. The number of esters is 1. The number of ether oxygens (including phenoxy) is 1. The quantitative estimate of drug-likeness (QED) is 0.563.